The Kier molecular flexibility index (Phi) is 6.16. The van der Waals surface area contributed by atoms with E-state index < -0.39 is 0 Å². The molecule has 96 valence electrons. The molecule has 0 saturated heterocycles. The van der Waals surface area contributed by atoms with Crippen LogP contribution >= 0.6 is 0 Å². The molecule has 1 aromatic rings. The number of nitrogens with one attached hydrogen (secondary N) is 1. The number of benzene rings is 1. The minimum atomic E-state index is -0.126. The van der Waals surface area contributed by atoms with Crippen LogP contribution in [0.15, 0.2) is 24.3 Å². The molecule has 0 radical (unpaired) electrons. The number of likely N-dealkylation sites (N-methyl/N-ethyl adjacent to an activating group) is 2. The maximum absolute atomic E-state index is 13.7. The van der Waals surface area contributed by atoms with Crippen LogP contribution in [0.5, 0.6) is 0 Å². The normalized spacial score (nSPS) is 13.0. The number of halogens is 1. The molecule has 0 fully saturated rings. The van der Waals surface area contributed by atoms with Gasteiger partial charge in [-0.05, 0) is 32.6 Å². The molecule has 2 nitrogen and oxygen atoms in total. The first kappa shape index (κ1) is 14.1. The second kappa shape index (κ2) is 7.41. The van der Waals surface area contributed by atoms with E-state index in [1.165, 1.54) is 6.07 Å². The van der Waals surface area contributed by atoms with Crippen LogP contribution in [0.3, 0.4) is 0 Å². The lowest BCUT2D eigenvalue weighted by molar-refractivity contribution is 0.256. The van der Waals surface area contributed by atoms with Crippen molar-refractivity contribution in [2.45, 2.75) is 26.3 Å². The van der Waals surface area contributed by atoms with Gasteiger partial charge in [0.05, 0.1) is 0 Å². The topological polar surface area (TPSA) is 15.3 Å². The largest absolute Gasteiger partial charge is 0.312 e. The standard InChI is InChI=1S/C14H23FN2/c1-4-10-17(5-2)11-14(16-3)12-8-6-7-9-13(12)15/h6-9,14,16H,4-5,10-11H2,1-3H3. The second-order valence-corrected chi connectivity index (χ2v) is 4.26. The molecule has 1 unspecified atom stereocenters. The minimum absolute atomic E-state index is 0.0581. The smallest absolute Gasteiger partial charge is 0.128 e. The molecule has 1 rings (SSSR count). The Balaban J connectivity index is 2.74. The molecule has 1 aromatic carbocycles. The molecular formula is C14H23FN2. The summed E-state index contributed by atoms with van der Waals surface area (Å²) in [6, 6.07) is 7.06. The summed E-state index contributed by atoms with van der Waals surface area (Å²) >= 11 is 0. The molecule has 0 aliphatic rings. The lowest BCUT2D eigenvalue weighted by Gasteiger charge is -2.26. The number of hydrogen-bond acceptors (Lipinski definition) is 2. The number of rotatable bonds is 7. The SMILES string of the molecule is CCCN(CC)CC(NC)c1ccccc1F. The van der Waals surface area contributed by atoms with Crippen molar-refractivity contribution in [1.82, 2.24) is 10.2 Å². The molecule has 0 aliphatic heterocycles. The predicted molar refractivity (Wildman–Crippen MR) is 70.6 cm³/mol. The van der Waals surface area contributed by atoms with Crippen molar-refractivity contribution >= 4 is 0 Å². The summed E-state index contributed by atoms with van der Waals surface area (Å²) in [4.78, 5) is 2.34. The molecule has 1 atom stereocenters. The highest BCUT2D eigenvalue weighted by molar-refractivity contribution is 5.21. The first-order valence-corrected chi connectivity index (χ1v) is 6.36. The van der Waals surface area contributed by atoms with E-state index in [4.69, 9.17) is 0 Å². The average molecular weight is 238 g/mol. The monoisotopic (exact) mass is 238 g/mol. The van der Waals surface area contributed by atoms with Crippen LogP contribution in [-0.2, 0) is 0 Å². The predicted octanol–water partition coefficient (Wildman–Crippen LogP) is 2.82. The van der Waals surface area contributed by atoms with Crippen LogP contribution in [0.4, 0.5) is 4.39 Å². The third-order valence-corrected chi connectivity index (χ3v) is 3.06. The van der Waals surface area contributed by atoms with E-state index in [0.717, 1.165) is 31.6 Å². The fraction of sp³-hybridized carbons (Fsp3) is 0.571. The highest BCUT2D eigenvalue weighted by atomic mass is 19.1. The van der Waals surface area contributed by atoms with Gasteiger partial charge in [-0.2, -0.15) is 0 Å². The maximum atomic E-state index is 13.7. The quantitative estimate of drug-likeness (QED) is 0.786. The first-order chi connectivity index (χ1) is 8.22. The average Bonchev–Trinajstić information content (AvgIpc) is 2.35. The number of hydrogen-bond donors (Lipinski definition) is 1. The molecule has 0 saturated carbocycles. The highest BCUT2D eigenvalue weighted by Crippen LogP contribution is 2.17. The van der Waals surface area contributed by atoms with Crippen LogP contribution in [-0.4, -0.2) is 31.6 Å². The van der Waals surface area contributed by atoms with E-state index in [0.29, 0.717) is 0 Å². The van der Waals surface area contributed by atoms with E-state index in [1.54, 1.807) is 6.07 Å². The zero-order chi connectivity index (χ0) is 12.7. The summed E-state index contributed by atoms with van der Waals surface area (Å²) < 4.78 is 13.7. The van der Waals surface area contributed by atoms with Crippen LogP contribution in [0, 0.1) is 5.82 Å². The highest BCUT2D eigenvalue weighted by Gasteiger charge is 2.16. The second-order valence-electron chi connectivity index (χ2n) is 4.26. The van der Waals surface area contributed by atoms with E-state index in [-0.39, 0.29) is 11.9 Å². The third kappa shape index (κ3) is 4.10. The van der Waals surface area contributed by atoms with Crippen molar-refractivity contribution < 1.29 is 4.39 Å². The molecule has 3 heteroatoms. The van der Waals surface area contributed by atoms with Crippen molar-refractivity contribution in [3.05, 3.63) is 35.6 Å². The van der Waals surface area contributed by atoms with Crippen LogP contribution in [0.1, 0.15) is 31.9 Å². The summed E-state index contributed by atoms with van der Waals surface area (Å²) in [6.45, 7) is 7.22. The zero-order valence-corrected chi connectivity index (χ0v) is 11.0. The van der Waals surface area contributed by atoms with Crippen molar-refractivity contribution in [3.8, 4) is 0 Å². The molecule has 0 bridgehead atoms. The van der Waals surface area contributed by atoms with Gasteiger partial charge in [0.15, 0.2) is 0 Å². The minimum Gasteiger partial charge on any atom is -0.312 e. The molecule has 0 aromatic heterocycles. The van der Waals surface area contributed by atoms with Gasteiger partial charge in [0.25, 0.3) is 0 Å². The zero-order valence-electron chi connectivity index (χ0n) is 11.0. The Bertz CT molecular complexity index is 328. The van der Waals surface area contributed by atoms with Gasteiger partial charge in [-0.15, -0.1) is 0 Å². The summed E-state index contributed by atoms with van der Waals surface area (Å²) in [7, 11) is 1.89. The Morgan fingerprint density at radius 1 is 1.29 bits per heavy atom. The Hall–Kier alpha value is -0.930. The van der Waals surface area contributed by atoms with Gasteiger partial charge in [-0.3, -0.25) is 0 Å². The van der Waals surface area contributed by atoms with Crippen molar-refractivity contribution in [1.29, 1.82) is 0 Å². The van der Waals surface area contributed by atoms with Crippen molar-refractivity contribution in [2.24, 2.45) is 0 Å². The van der Waals surface area contributed by atoms with Crippen LogP contribution < -0.4 is 5.32 Å². The van der Waals surface area contributed by atoms with Crippen molar-refractivity contribution in [2.75, 3.05) is 26.7 Å². The van der Waals surface area contributed by atoms with Gasteiger partial charge in [-0.1, -0.05) is 32.0 Å². The van der Waals surface area contributed by atoms with Crippen molar-refractivity contribution in [3.63, 3.8) is 0 Å². The van der Waals surface area contributed by atoms with E-state index in [9.17, 15) is 4.39 Å². The van der Waals surface area contributed by atoms with Gasteiger partial charge in [0, 0.05) is 18.2 Å². The lowest BCUT2D eigenvalue weighted by Crippen LogP contribution is -2.34. The summed E-state index contributed by atoms with van der Waals surface area (Å²) in [5.74, 6) is -0.126. The van der Waals surface area contributed by atoms with E-state index in [2.05, 4.69) is 24.1 Å². The fourth-order valence-electron chi connectivity index (χ4n) is 2.06. The Labute approximate surface area is 104 Å². The van der Waals surface area contributed by atoms with Gasteiger partial charge >= 0.3 is 0 Å². The molecule has 17 heavy (non-hydrogen) atoms. The van der Waals surface area contributed by atoms with Gasteiger partial charge in [0.2, 0.25) is 0 Å². The molecule has 0 aliphatic carbocycles. The van der Waals surface area contributed by atoms with Crippen LogP contribution in [0.2, 0.25) is 0 Å². The first-order valence-electron chi connectivity index (χ1n) is 6.36. The maximum Gasteiger partial charge on any atom is 0.128 e. The van der Waals surface area contributed by atoms with Gasteiger partial charge in [-0.25, -0.2) is 4.39 Å². The molecule has 1 N–H and O–H groups in total. The Morgan fingerprint density at radius 2 is 2.00 bits per heavy atom. The Morgan fingerprint density at radius 3 is 2.53 bits per heavy atom. The van der Waals surface area contributed by atoms with E-state index in [1.807, 2.05) is 19.2 Å². The van der Waals surface area contributed by atoms with Gasteiger partial charge in [0.1, 0.15) is 5.82 Å². The molecule has 0 amide bonds. The molecule has 0 spiro atoms. The summed E-state index contributed by atoms with van der Waals surface area (Å²) in [6.07, 6.45) is 1.13. The third-order valence-electron chi connectivity index (χ3n) is 3.06. The summed E-state index contributed by atoms with van der Waals surface area (Å²) in [5.41, 5.74) is 0.754. The molecular weight excluding hydrogens is 215 g/mol. The number of nitrogens with zero attached hydrogens (tertiary/aromatic N) is 1. The lowest BCUT2D eigenvalue weighted by atomic mass is 10.1. The van der Waals surface area contributed by atoms with Crippen LogP contribution in [0.25, 0.3) is 0 Å². The van der Waals surface area contributed by atoms with Gasteiger partial charge < -0.3 is 10.2 Å². The fourth-order valence-corrected chi connectivity index (χ4v) is 2.06. The molecule has 0 heterocycles. The van der Waals surface area contributed by atoms with E-state index >= 15 is 0 Å². The summed E-state index contributed by atoms with van der Waals surface area (Å²) in [5, 5.41) is 3.20.